The molecule has 0 aliphatic heterocycles. The minimum Gasteiger partial charge on any atom is -0.308 e. The van der Waals surface area contributed by atoms with Gasteiger partial charge in [0, 0.05) is 19.5 Å². The van der Waals surface area contributed by atoms with Crippen molar-refractivity contribution in [3.63, 3.8) is 0 Å². The molecule has 0 spiro atoms. The molecule has 0 N–H and O–H groups in total. The summed E-state index contributed by atoms with van der Waals surface area (Å²) in [6.45, 7) is 5.37. The molecule has 0 bridgehead atoms. The molecule has 1 rings (SSSR count). The Kier molecular flexibility index (Phi) is 7.41. The van der Waals surface area contributed by atoms with Gasteiger partial charge >= 0.3 is 0 Å². The molecule has 0 radical (unpaired) electrons. The molecule has 0 atom stereocenters. The SMILES string of the molecule is CCCN(CCN(C)C)CC(=O)Cc1ccc(F)cc1. The fraction of sp³-hybridized carbons (Fsp3) is 0.562. The summed E-state index contributed by atoms with van der Waals surface area (Å²) in [7, 11) is 4.06. The lowest BCUT2D eigenvalue weighted by atomic mass is 10.1. The summed E-state index contributed by atoms with van der Waals surface area (Å²) < 4.78 is 12.8. The van der Waals surface area contributed by atoms with E-state index in [9.17, 15) is 9.18 Å². The zero-order chi connectivity index (χ0) is 15.0. The largest absolute Gasteiger partial charge is 0.308 e. The highest BCUT2D eigenvalue weighted by Crippen LogP contribution is 2.05. The van der Waals surface area contributed by atoms with Crippen molar-refractivity contribution >= 4 is 5.78 Å². The zero-order valence-corrected chi connectivity index (χ0v) is 12.7. The molecule has 112 valence electrons. The van der Waals surface area contributed by atoms with Gasteiger partial charge in [0.25, 0.3) is 0 Å². The van der Waals surface area contributed by atoms with Crippen LogP contribution in [0.4, 0.5) is 4.39 Å². The summed E-state index contributed by atoms with van der Waals surface area (Å²) in [6.07, 6.45) is 1.42. The Morgan fingerprint density at radius 2 is 1.75 bits per heavy atom. The third-order valence-corrected chi connectivity index (χ3v) is 3.12. The summed E-state index contributed by atoms with van der Waals surface area (Å²) in [5.74, 6) is -0.0800. The number of hydrogen-bond donors (Lipinski definition) is 0. The van der Waals surface area contributed by atoms with Crippen LogP contribution in [-0.2, 0) is 11.2 Å². The molecule has 0 fully saturated rings. The van der Waals surface area contributed by atoms with E-state index in [1.54, 1.807) is 12.1 Å². The first-order chi connectivity index (χ1) is 9.51. The van der Waals surface area contributed by atoms with E-state index >= 15 is 0 Å². The van der Waals surface area contributed by atoms with Gasteiger partial charge in [0.2, 0.25) is 0 Å². The quantitative estimate of drug-likeness (QED) is 0.693. The lowest BCUT2D eigenvalue weighted by molar-refractivity contribution is -0.119. The summed E-state index contributed by atoms with van der Waals surface area (Å²) in [4.78, 5) is 16.4. The number of carbonyl (C=O) groups is 1. The third-order valence-electron chi connectivity index (χ3n) is 3.12. The van der Waals surface area contributed by atoms with Gasteiger partial charge in [-0.3, -0.25) is 9.69 Å². The van der Waals surface area contributed by atoms with E-state index in [1.807, 2.05) is 14.1 Å². The highest BCUT2D eigenvalue weighted by Gasteiger charge is 2.11. The number of hydrogen-bond acceptors (Lipinski definition) is 3. The van der Waals surface area contributed by atoms with Crippen molar-refractivity contribution in [2.45, 2.75) is 19.8 Å². The second-order valence-corrected chi connectivity index (χ2v) is 5.42. The molecule has 1 aromatic rings. The van der Waals surface area contributed by atoms with Gasteiger partial charge in [-0.05, 0) is 44.8 Å². The van der Waals surface area contributed by atoms with Crippen LogP contribution in [0.5, 0.6) is 0 Å². The summed E-state index contributed by atoms with van der Waals surface area (Å²) in [6, 6.07) is 6.16. The first kappa shape index (κ1) is 16.8. The minimum atomic E-state index is -0.264. The molecule has 0 saturated heterocycles. The maximum atomic E-state index is 12.8. The predicted octanol–water partition coefficient (Wildman–Crippen LogP) is 2.21. The van der Waals surface area contributed by atoms with Crippen molar-refractivity contribution in [3.8, 4) is 0 Å². The standard InChI is InChI=1S/C16H25FN2O/c1-4-9-19(11-10-18(2)3)13-16(20)12-14-5-7-15(17)8-6-14/h5-8H,4,9-13H2,1-3H3. The maximum Gasteiger partial charge on any atom is 0.151 e. The fourth-order valence-corrected chi connectivity index (χ4v) is 2.06. The number of Topliss-reactive ketones (excluding diaryl/α,β-unsaturated/α-hetero) is 1. The minimum absolute atomic E-state index is 0.184. The van der Waals surface area contributed by atoms with Crippen molar-refractivity contribution in [2.75, 3.05) is 40.3 Å². The first-order valence-corrected chi connectivity index (χ1v) is 7.14. The summed E-state index contributed by atoms with van der Waals surface area (Å²) >= 11 is 0. The number of ketones is 1. The highest BCUT2D eigenvalue weighted by molar-refractivity contribution is 5.82. The highest BCUT2D eigenvalue weighted by atomic mass is 19.1. The maximum absolute atomic E-state index is 12.8. The normalized spacial score (nSPS) is 11.3. The van der Waals surface area contributed by atoms with E-state index in [-0.39, 0.29) is 11.6 Å². The Balaban J connectivity index is 2.46. The van der Waals surface area contributed by atoms with Gasteiger partial charge in [-0.2, -0.15) is 0 Å². The van der Waals surface area contributed by atoms with Gasteiger partial charge in [-0.15, -0.1) is 0 Å². The zero-order valence-electron chi connectivity index (χ0n) is 12.7. The molecule has 3 nitrogen and oxygen atoms in total. The van der Waals surface area contributed by atoms with E-state index in [0.717, 1.165) is 31.6 Å². The van der Waals surface area contributed by atoms with E-state index < -0.39 is 0 Å². The van der Waals surface area contributed by atoms with E-state index in [2.05, 4.69) is 16.7 Å². The van der Waals surface area contributed by atoms with Gasteiger partial charge in [0.1, 0.15) is 5.82 Å². The van der Waals surface area contributed by atoms with Crippen LogP contribution in [0.3, 0.4) is 0 Å². The average molecular weight is 280 g/mol. The van der Waals surface area contributed by atoms with E-state index in [1.165, 1.54) is 12.1 Å². The molecular formula is C16H25FN2O. The number of carbonyl (C=O) groups excluding carboxylic acids is 1. The monoisotopic (exact) mass is 280 g/mol. The Morgan fingerprint density at radius 3 is 2.30 bits per heavy atom. The van der Waals surface area contributed by atoms with Gasteiger partial charge < -0.3 is 4.90 Å². The Morgan fingerprint density at radius 1 is 1.10 bits per heavy atom. The topological polar surface area (TPSA) is 23.6 Å². The van der Waals surface area contributed by atoms with Crippen LogP contribution in [0, 0.1) is 5.82 Å². The summed E-state index contributed by atoms with van der Waals surface area (Å²) in [5, 5.41) is 0. The Bertz CT molecular complexity index is 403. The van der Waals surface area contributed by atoms with E-state index in [4.69, 9.17) is 0 Å². The van der Waals surface area contributed by atoms with Gasteiger partial charge in [-0.1, -0.05) is 19.1 Å². The molecule has 0 amide bonds. The number of benzene rings is 1. The van der Waals surface area contributed by atoms with Crippen molar-refractivity contribution < 1.29 is 9.18 Å². The molecule has 4 heteroatoms. The number of nitrogens with zero attached hydrogens (tertiary/aromatic N) is 2. The lowest BCUT2D eigenvalue weighted by Crippen LogP contribution is -2.36. The Labute approximate surface area is 121 Å². The molecule has 0 unspecified atom stereocenters. The van der Waals surface area contributed by atoms with Crippen LogP contribution in [0.1, 0.15) is 18.9 Å². The van der Waals surface area contributed by atoms with Crippen molar-refractivity contribution in [1.29, 1.82) is 0 Å². The molecule has 0 saturated carbocycles. The van der Waals surface area contributed by atoms with Crippen molar-refractivity contribution in [2.24, 2.45) is 0 Å². The van der Waals surface area contributed by atoms with E-state index in [0.29, 0.717) is 13.0 Å². The second kappa shape index (κ2) is 8.82. The number of halogens is 1. The van der Waals surface area contributed by atoms with Crippen LogP contribution in [0.25, 0.3) is 0 Å². The van der Waals surface area contributed by atoms with Crippen LogP contribution in [0.2, 0.25) is 0 Å². The van der Waals surface area contributed by atoms with Gasteiger partial charge in [0.05, 0.1) is 6.54 Å². The molecular weight excluding hydrogens is 255 g/mol. The average Bonchev–Trinajstić information content (AvgIpc) is 2.39. The van der Waals surface area contributed by atoms with Crippen LogP contribution < -0.4 is 0 Å². The lowest BCUT2D eigenvalue weighted by Gasteiger charge is -2.22. The Hall–Kier alpha value is -1.26. The predicted molar refractivity (Wildman–Crippen MR) is 80.4 cm³/mol. The number of rotatable bonds is 9. The van der Waals surface area contributed by atoms with Crippen molar-refractivity contribution in [3.05, 3.63) is 35.6 Å². The third kappa shape index (κ3) is 6.78. The fourth-order valence-electron chi connectivity index (χ4n) is 2.06. The number of likely N-dealkylation sites (N-methyl/N-ethyl adjacent to an activating group) is 1. The molecule has 0 aliphatic carbocycles. The molecule has 1 aromatic carbocycles. The van der Waals surface area contributed by atoms with Crippen molar-refractivity contribution in [1.82, 2.24) is 9.80 Å². The second-order valence-electron chi connectivity index (χ2n) is 5.42. The van der Waals surface area contributed by atoms with Crippen LogP contribution in [0.15, 0.2) is 24.3 Å². The molecule has 0 aromatic heterocycles. The molecule has 0 heterocycles. The van der Waals surface area contributed by atoms with Crippen LogP contribution in [-0.4, -0.2) is 55.9 Å². The smallest absolute Gasteiger partial charge is 0.151 e. The first-order valence-electron chi connectivity index (χ1n) is 7.14. The molecule has 0 aliphatic rings. The van der Waals surface area contributed by atoms with Crippen LogP contribution >= 0.6 is 0 Å². The summed E-state index contributed by atoms with van der Waals surface area (Å²) in [5.41, 5.74) is 0.875. The van der Waals surface area contributed by atoms with Gasteiger partial charge in [-0.25, -0.2) is 4.39 Å². The van der Waals surface area contributed by atoms with Gasteiger partial charge in [0.15, 0.2) is 5.78 Å². The molecule has 20 heavy (non-hydrogen) atoms.